The Morgan fingerprint density at radius 1 is 0.926 bits per heavy atom. The molecule has 1 saturated heterocycles. The van der Waals surface area contributed by atoms with Crippen molar-refractivity contribution >= 4 is 29.2 Å². The second kappa shape index (κ2) is 8.86. The number of rotatable bonds is 3. The van der Waals surface area contributed by atoms with E-state index in [1.165, 1.54) is 12.1 Å². The van der Waals surface area contributed by atoms with E-state index < -0.39 is 0 Å². The van der Waals surface area contributed by atoms with Gasteiger partial charge in [-0.05, 0) is 48.4 Å². The average molecular weight is 390 g/mol. The molecule has 27 heavy (non-hydrogen) atoms. The maximum absolute atomic E-state index is 13.0. The Labute approximate surface area is 162 Å². The predicted molar refractivity (Wildman–Crippen MR) is 103 cm³/mol. The first kappa shape index (κ1) is 19.2. The first-order valence-electron chi connectivity index (χ1n) is 8.85. The maximum Gasteiger partial charge on any atom is 0.321 e. The molecule has 3 rings (SSSR count). The SMILES string of the molecule is O=C(Cc1ccc(F)cc1)N1CCCN(C(=O)Nc2ccc(Cl)cc2)CC1. The maximum atomic E-state index is 13.0. The number of halogens is 2. The van der Waals surface area contributed by atoms with Gasteiger partial charge in [0.25, 0.3) is 0 Å². The number of amides is 3. The summed E-state index contributed by atoms with van der Waals surface area (Å²) in [5.41, 5.74) is 1.46. The van der Waals surface area contributed by atoms with E-state index in [9.17, 15) is 14.0 Å². The zero-order valence-corrected chi connectivity index (χ0v) is 15.6. The lowest BCUT2D eigenvalue weighted by atomic mass is 10.1. The summed E-state index contributed by atoms with van der Waals surface area (Å²) in [6, 6.07) is 12.7. The average Bonchev–Trinajstić information content (AvgIpc) is 2.92. The lowest BCUT2D eigenvalue weighted by Crippen LogP contribution is -2.39. The zero-order chi connectivity index (χ0) is 19.2. The van der Waals surface area contributed by atoms with Crippen LogP contribution in [0.3, 0.4) is 0 Å². The number of benzene rings is 2. The predicted octanol–water partition coefficient (Wildman–Crippen LogP) is 3.79. The van der Waals surface area contributed by atoms with Gasteiger partial charge in [0.05, 0.1) is 6.42 Å². The van der Waals surface area contributed by atoms with Crippen LogP contribution < -0.4 is 5.32 Å². The molecule has 0 atom stereocenters. The molecule has 5 nitrogen and oxygen atoms in total. The van der Waals surface area contributed by atoms with Crippen LogP contribution in [0.4, 0.5) is 14.9 Å². The van der Waals surface area contributed by atoms with E-state index in [2.05, 4.69) is 5.32 Å². The summed E-state index contributed by atoms with van der Waals surface area (Å²) in [5.74, 6) is -0.329. The minimum Gasteiger partial charge on any atom is -0.341 e. The molecule has 1 heterocycles. The molecule has 142 valence electrons. The Hall–Kier alpha value is -2.60. The molecule has 1 N–H and O–H groups in total. The standard InChI is InChI=1S/C20H21ClFN3O2/c21-16-4-8-18(9-5-16)23-20(27)25-11-1-10-24(12-13-25)19(26)14-15-2-6-17(22)7-3-15/h2-9H,1,10-14H2,(H,23,27). The number of carbonyl (C=O) groups is 2. The first-order chi connectivity index (χ1) is 13.0. The molecule has 2 aromatic rings. The smallest absolute Gasteiger partial charge is 0.321 e. The quantitative estimate of drug-likeness (QED) is 0.868. The van der Waals surface area contributed by atoms with Crippen molar-refractivity contribution in [3.8, 4) is 0 Å². The second-order valence-electron chi connectivity index (χ2n) is 6.46. The molecule has 0 saturated carbocycles. The molecule has 0 bridgehead atoms. The van der Waals surface area contributed by atoms with Crippen molar-refractivity contribution in [2.24, 2.45) is 0 Å². The van der Waals surface area contributed by atoms with Crippen LogP contribution in [0.5, 0.6) is 0 Å². The first-order valence-corrected chi connectivity index (χ1v) is 9.23. The monoisotopic (exact) mass is 389 g/mol. The Morgan fingerprint density at radius 3 is 2.26 bits per heavy atom. The van der Waals surface area contributed by atoms with Crippen molar-refractivity contribution < 1.29 is 14.0 Å². The van der Waals surface area contributed by atoms with E-state index in [4.69, 9.17) is 11.6 Å². The Morgan fingerprint density at radius 2 is 1.56 bits per heavy atom. The normalized spacial score (nSPS) is 14.6. The van der Waals surface area contributed by atoms with Gasteiger partial charge in [0.2, 0.25) is 5.91 Å². The number of nitrogens with one attached hydrogen (secondary N) is 1. The van der Waals surface area contributed by atoms with Crippen LogP contribution >= 0.6 is 11.6 Å². The molecule has 0 spiro atoms. The van der Waals surface area contributed by atoms with Crippen LogP contribution in [0, 0.1) is 5.82 Å². The fourth-order valence-electron chi connectivity index (χ4n) is 2.99. The Balaban J connectivity index is 1.53. The van der Waals surface area contributed by atoms with E-state index in [0.717, 1.165) is 5.56 Å². The van der Waals surface area contributed by atoms with Gasteiger partial charge < -0.3 is 15.1 Å². The van der Waals surface area contributed by atoms with Crippen molar-refractivity contribution in [3.63, 3.8) is 0 Å². The number of hydrogen-bond acceptors (Lipinski definition) is 2. The number of anilines is 1. The highest BCUT2D eigenvalue weighted by atomic mass is 35.5. The molecule has 0 radical (unpaired) electrons. The fourth-order valence-corrected chi connectivity index (χ4v) is 3.12. The fraction of sp³-hybridized carbons (Fsp3) is 0.300. The van der Waals surface area contributed by atoms with Gasteiger partial charge in [-0.2, -0.15) is 0 Å². The van der Waals surface area contributed by atoms with Crippen LogP contribution in [-0.4, -0.2) is 47.9 Å². The van der Waals surface area contributed by atoms with Crippen molar-refractivity contribution in [1.82, 2.24) is 9.80 Å². The van der Waals surface area contributed by atoms with Crippen molar-refractivity contribution in [3.05, 3.63) is 64.9 Å². The van der Waals surface area contributed by atoms with Crippen LogP contribution in [0.2, 0.25) is 5.02 Å². The summed E-state index contributed by atoms with van der Waals surface area (Å²) < 4.78 is 13.0. The molecule has 1 fully saturated rings. The van der Waals surface area contributed by atoms with E-state index in [1.54, 1.807) is 46.2 Å². The molecular formula is C20H21ClFN3O2. The summed E-state index contributed by atoms with van der Waals surface area (Å²) in [4.78, 5) is 28.4. The third kappa shape index (κ3) is 5.44. The van der Waals surface area contributed by atoms with Crippen LogP contribution in [0.15, 0.2) is 48.5 Å². The molecule has 1 aliphatic rings. The highest BCUT2D eigenvalue weighted by Gasteiger charge is 2.22. The minimum absolute atomic E-state index is 0.0124. The topological polar surface area (TPSA) is 52.7 Å². The van der Waals surface area contributed by atoms with Gasteiger partial charge in [0, 0.05) is 36.9 Å². The largest absolute Gasteiger partial charge is 0.341 e. The second-order valence-corrected chi connectivity index (χ2v) is 6.90. The van der Waals surface area contributed by atoms with E-state index >= 15 is 0 Å². The Kier molecular flexibility index (Phi) is 6.29. The number of carbonyl (C=O) groups excluding carboxylic acids is 2. The van der Waals surface area contributed by atoms with Gasteiger partial charge in [0.15, 0.2) is 0 Å². The summed E-state index contributed by atoms with van der Waals surface area (Å²) in [6.45, 7) is 2.13. The number of nitrogens with zero attached hydrogens (tertiary/aromatic N) is 2. The van der Waals surface area contributed by atoms with Gasteiger partial charge in [-0.15, -0.1) is 0 Å². The van der Waals surface area contributed by atoms with E-state index in [0.29, 0.717) is 43.3 Å². The van der Waals surface area contributed by atoms with Crippen LogP contribution in [0.25, 0.3) is 0 Å². The number of hydrogen-bond donors (Lipinski definition) is 1. The Bertz CT molecular complexity index is 728. The summed E-state index contributed by atoms with van der Waals surface area (Å²) in [7, 11) is 0. The van der Waals surface area contributed by atoms with E-state index in [1.807, 2.05) is 0 Å². The third-order valence-electron chi connectivity index (χ3n) is 4.50. The molecule has 0 aliphatic carbocycles. The molecule has 0 aromatic heterocycles. The van der Waals surface area contributed by atoms with Crippen LogP contribution in [0.1, 0.15) is 12.0 Å². The van der Waals surface area contributed by atoms with Gasteiger partial charge in [0.1, 0.15) is 5.82 Å². The van der Waals surface area contributed by atoms with Gasteiger partial charge in [-0.1, -0.05) is 23.7 Å². The molecule has 7 heteroatoms. The lowest BCUT2D eigenvalue weighted by molar-refractivity contribution is -0.130. The molecule has 0 unspecified atom stereocenters. The van der Waals surface area contributed by atoms with Gasteiger partial charge in [-0.25, -0.2) is 9.18 Å². The van der Waals surface area contributed by atoms with Crippen molar-refractivity contribution in [1.29, 1.82) is 0 Å². The highest BCUT2D eigenvalue weighted by Crippen LogP contribution is 2.15. The molecule has 3 amide bonds. The summed E-state index contributed by atoms with van der Waals surface area (Å²) >= 11 is 5.85. The lowest BCUT2D eigenvalue weighted by Gasteiger charge is -2.22. The molecular weight excluding hydrogens is 369 g/mol. The van der Waals surface area contributed by atoms with Gasteiger partial charge >= 0.3 is 6.03 Å². The van der Waals surface area contributed by atoms with Gasteiger partial charge in [-0.3, -0.25) is 4.79 Å². The number of urea groups is 1. The molecule has 2 aromatic carbocycles. The highest BCUT2D eigenvalue weighted by molar-refractivity contribution is 6.30. The summed E-state index contributed by atoms with van der Waals surface area (Å²) in [6.07, 6.45) is 0.945. The van der Waals surface area contributed by atoms with E-state index in [-0.39, 0.29) is 24.2 Å². The minimum atomic E-state index is -0.316. The zero-order valence-electron chi connectivity index (χ0n) is 14.8. The molecule has 1 aliphatic heterocycles. The third-order valence-corrected chi connectivity index (χ3v) is 4.75. The van der Waals surface area contributed by atoms with Crippen molar-refractivity contribution in [2.75, 3.05) is 31.5 Å². The summed E-state index contributed by atoms with van der Waals surface area (Å²) in [5, 5.41) is 3.45. The van der Waals surface area contributed by atoms with Crippen molar-refractivity contribution in [2.45, 2.75) is 12.8 Å². The van der Waals surface area contributed by atoms with Crippen LogP contribution in [-0.2, 0) is 11.2 Å².